The summed E-state index contributed by atoms with van der Waals surface area (Å²) in [5.41, 5.74) is 3.59. The molecule has 0 unspecified atom stereocenters. The standard InChI is InChI=1S/C20H22N4/c1-3-24(18-11-7-8-16(2)14-18)19-12-13-21-20(23-19)22-15-17-9-5-4-6-10-17/h4-14H,3,15H2,1-2H3,(H,21,22,23). The summed E-state index contributed by atoms with van der Waals surface area (Å²) in [6.07, 6.45) is 1.80. The fraction of sp³-hybridized carbons (Fsp3) is 0.200. The molecule has 1 heterocycles. The van der Waals surface area contributed by atoms with Crippen LogP contribution in [-0.4, -0.2) is 16.5 Å². The summed E-state index contributed by atoms with van der Waals surface area (Å²) < 4.78 is 0. The maximum Gasteiger partial charge on any atom is 0.224 e. The highest BCUT2D eigenvalue weighted by molar-refractivity contribution is 5.61. The average molecular weight is 318 g/mol. The Kier molecular flexibility index (Phi) is 5.06. The second-order valence-corrected chi connectivity index (χ2v) is 5.66. The lowest BCUT2D eigenvalue weighted by Crippen LogP contribution is -2.18. The third-order valence-corrected chi connectivity index (χ3v) is 3.84. The molecule has 24 heavy (non-hydrogen) atoms. The highest BCUT2D eigenvalue weighted by Gasteiger charge is 2.10. The van der Waals surface area contributed by atoms with Crippen molar-refractivity contribution in [3.63, 3.8) is 0 Å². The van der Waals surface area contributed by atoms with Crippen molar-refractivity contribution >= 4 is 17.5 Å². The van der Waals surface area contributed by atoms with E-state index in [1.165, 1.54) is 11.1 Å². The Balaban J connectivity index is 1.78. The van der Waals surface area contributed by atoms with Gasteiger partial charge in [-0.25, -0.2) is 4.98 Å². The minimum Gasteiger partial charge on any atom is -0.350 e. The first kappa shape index (κ1) is 16.0. The molecule has 1 aromatic heterocycles. The van der Waals surface area contributed by atoms with E-state index in [9.17, 15) is 0 Å². The largest absolute Gasteiger partial charge is 0.350 e. The smallest absolute Gasteiger partial charge is 0.224 e. The van der Waals surface area contributed by atoms with Gasteiger partial charge < -0.3 is 10.2 Å². The van der Waals surface area contributed by atoms with Gasteiger partial charge in [0.1, 0.15) is 5.82 Å². The SMILES string of the molecule is CCN(c1cccc(C)c1)c1ccnc(NCc2ccccc2)n1. The number of hydrogen-bond acceptors (Lipinski definition) is 4. The van der Waals surface area contributed by atoms with E-state index in [-0.39, 0.29) is 0 Å². The molecule has 1 N–H and O–H groups in total. The van der Waals surface area contributed by atoms with Crippen LogP contribution in [0.15, 0.2) is 66.9 Å². The Morgan fingerprint density at radius 2 is 1.83 bits per heavy atom. The molecule has 4 nitrogen and oxygen atoms in total. The first-order chi connectivity index (χ1) is 11.8. The molecule has 0 radical (unpaired) electrons. The lowest BCUT2D eigenvalue weighted by atomic mass is 10.2. The van der Waals surface area contributed by atoms with Crippen molar-refractivity contribution in [2.75, 3.05) is 16.8 Å². The van der Waals surface area contributed by atoms with E-state index in [1.807, 2.05) is 24.3 Å². The number of nitrogens with zero attached hydrogens (tertiary/aromatic N) is 3. The number of hydrogen-bond donors (Lipinski definition) is 1. The molecule has 0 spiro atoms. The van der Waals surface area contributed by atoms with Crippen molar-refractivity contribution in [1.29, 1.82) is 0 Å². The Bertz CT molecular complexity index is 786. The molecule has 0 atom stereocenters. The Morgan fingerprint density at radius 3 is 2.58 bits per heavy atom. The number of anilines is 3. The van der Waals surface area contributed by atoms with Crippen LogP contribution in [0.25, 0.3) is 0 Å². The van der Waals surface area contributed by atoms with Crippen LogP contribution < -0.4 is 10.2 Å². The molecule has 0 amide bonds. The van der Waals surface area contributed by atoms with Crippen molar-refractivity contribution in [3.8, 4) is 0 Å². The molecule has 122 valence electrons. The highest BCUT2D eigenvalue weighted by atomic mass is 15.2. The molecule has 0 aliphatic rings. The fourth-order valence-corrected chi connectivity index (χ4v) is 2.63. The van der Waals surface area contributed by atoms with Crippen LogP contribution in [0, 0.1) is 6.92 Å². The Labute approximate surface area is 143 Å². The minimum absolute atomic E-state index is 0.641. The van der Waals surface area contributed by atoms with Gasteiger partial charge in [0, 0.05) is 25.0 Å². The molecule has 0 fully saturated rings. The van der Waals surface area contributed by atoms with E-state index in [2.05, 4.69) is 70.4 Å². The van der Waals surface area contributed by atoms with Gasteiger partial charge in [-0.05, 0) is 43.2 Å². The maximum absolute atomic E-state index is 4.67. The topological polar surface area (TPSA) is 41.1 Å². The van der Waals surface area contributed by atoms with Crippen LogP contribution in [0.1, 0.15) is 18.1 Å². The van der Waals surface area contributed by atoms with Crippen LogP contribution in [0.2, 0.25) is 0 Å². The monoisotopic (exact) mass is 318 g/mol. The number of aromatic nitrogens is 2. The summed E-state index contributed by atoms with van der Waals surface area (Å²) >= 11 is 0. The van der Waals surface area contributed by atoms with Gasteiger partial charge in [0.2, 0.25) is 5.95 Å². The van der Waals surface area contributed by atoms with E-state index in [0.717, 1.165) is 18.1 Å². The lowest BCUT2D eigenvalue weighted by molar-refractivity contribution is 0.965. The van der Waals surface area contributed by atoms with Gasteiger partial charge in [-0.1, -0.05) is 42.5 Å². The molecular weight excluding hydrogens is 296 g/mol. The van der Waals surface area contributed by atoms with Gasteiger partial charge >= 0.3 is 0 Å². The number of rotatable bonds is 6. The van der Waals surface area contributed by atoms with Crippen LogP contribution >= 0.6 is 0 Å². The zero-order chi connectivity index (χ0) is 16.8. The van der Waals surface area contributed by atoms with Crippen molar-refractivity contribution < 1.29 is 0 Å². The van der Waals surface area contributed by atoms with E-state index in [4.69, 9.17) is 0 Å². The summed E-state index contributed by atoms with van der Waals surface area (Å²) in [4.78, 5) is 11.2. The molecule has 2 aromatic carbocycles. The summed E-state index contributed by atoms with van der Waals surface area (Å²) in [6.45, 7) is 5.78. The summed E-state index contributed by atoms with van der Waals surface area (Å²) in [6, 6.07) is 20.6. The Hall–Kier alpha value is -2.88. The summed E-state index contributed by atoms with van der Waals surface area (Å²) in [7, 11) is 0. The zero-order valence-electron chi connectivity index (χ0n) is 14.1. The second-order valence-electron chi connectivity index (χ2n) is 5.66. The second kappa shape index (κ2) is 7.59. The van der Waals surface area contributed by atoms with E-state index in [0.29, 0.717) is 12.5 Å². The van der Waals surface area contributed by atoms with Gasteiger partial charge in [0.25, 0.3) is 0 Å². The molecule has 0 aliphatic carbocycles. The van der Waals surface area contributed by atoms with Gasteiger partial charge in [0.15, 0.2) is 0 Å². The van der Waals surface area contributed by atoms with Crippen LogP contribution in [0.4, 0.5) is 17.5 Å². The molecule has 4 heteroatoms. The zero-order valence-corrected chi connectivity index (χ0v) is 14.1. The quantitative estimate of drug-likeness (QED) is 0.723. The average Bonchev–Trinajstić information content (AvgIpc) is 2.62. The highest BCUT2D eigenvalue weighted by Crippen LogP contribution is 2.24. The third kappa shape index (κ3) is 3.90. The molecular formula is C20H22N4. The number of benzene rings is 2. The van der Waals surface area contributed by atoms with Gasteiger partial charge in [-0.2, -0.15) is 4.98 Å². The van der Waals surface area contributed by atoms with Gasteiger partial charge in [-0.3, -0.25) is 0 Å². The van der Waals surface area contributed by atoms with Gasteiger partial charge in [0.05, 0.1) is 0 Å². The molecule has 3 aromatic rings. The summed E-state index contributed by atoms with van der Waals surface area (Å²) in [5, 5.41) is 3.29. The maximum atomic E-state index is 4.67. The first-order valence-corrected chi connectivity index (χ1v) is 8.21. The van der Waals surface area contributed by atoms with E-state index >= 15 is 0 Å². The minimum atomic E-state index is 0.641. The number of aryl methyl sites for hydroxylation is 1. The Morgan fingerprint density at radius 1 is 1.00 bits per heavy atom. The van der Waals surface area contributed by atoms with Crippen LogP contribution in [-0.2, 0) is 6.54 Å². The normalized spacial score (nSPS) is 10.4. The summed E-state index contributed by atoms with van der Waals surface area (Å²) in [5.74, 6) is 1.54. The van der Waals surface area contributed by atoms with E-state index < -0.39 is 0 Å². The molecule has 0 aliphatic heterocycles. The predicted octanol–water partition coefficient (Wildman–Crippen LogP) is 4.56. The van der Waals surface area contributed by atoms with Crippen molar-refractivity contribution in [2.45, 2.75) is 20.4 Å². The third-order valence-electron chi connectivity index (χ3n) is 3.84. The van der Waals surface area contributed by atoms with Crippen LogP contribution in [0.5, 0.6) is 0 Å². The van der Waals surface area contributed by atoms with E-state index in [1.54, 1.807) is 6.20 Å². The molecule has 0 saturated heterocycles. The molecule has 3 rings (SSSR count). The predicted molar refractivity (Wildman–Crippen MR) is 99.7 cm³/mol. The number of nitrogens with one attached hydrogen (secondary N) is 1. The van der Waals surface area contributed by atoms with Gasteiger partial charge in [-0.15, -0.1) is 0 Å². The van der Waals surface area contributed by atoms with Crippen LogP contribution in [0.3, 0.4) is 0 Å². The fourth-order valence-electron chi connectivity index (χ4n) is 2.63. The van der Waals surface area contributed by atoms with Crippen molar-refractivity contribution in [1.82, 2.24) is 9.97 Å². The lowest BCUT2D eigenvalue weighted by Gasteiger charge is -2.22. The molecule has 0 saturated carbocycles. The van der Waals surface area contributed by atoms with Crippen molar-refractivity contribution in [2.24, 2.45) is 0 Å². The first-order valence-electron chi connectivity index (χ1n) is 8.21. The van der Waals surface area contributed by atoms with Crippen molar-refractivity contribution in [3.05, 3.63) is 78.0 Å². The molecule has 0 bridgehead atoms.